The van der Waals surface area contributed by atoms with Crippen LogP contribution in [0.15, 0.2) is 24.3 Å². The second-order valence-electron chi connectivity index (χ2n) is 5.51. The van der Waals surface area contributed by atoms with Gasteiger partial charge in [-0.25, -0.2) is 0 Å². The van der Waals surface area contributed by atoms with Crippen molar-refractivity contribution in [3.8, 4) is 0 Å². The molecule has 0 saturated carbocycles. The summed E-state index contributed by atoms with van der Waals surface area (Å²) in [5, 5.41) is 0. The average Bonchev–Trinajstić information content (AvgIpc) is 2.47. The van der Waals surface area contributed by atoms with Gasteiger partial charge in [-0.05, 0) is 32.1 Å². The maximum absolute atomic E-state index is 2.32. The monoisotopic (exact) mass is 280 g/mol. The van der Waals surface area contributed by atoms with Crippen LogP contribution in [0.3, 0.4) is 0 Å². The Balaban J connectivity index is 0. The van der Waals surface area contributed by atoms with Gasteiger partial charge in [0.15, 0.2) is 0 Å². The minimum absolute atomic E-state index is 1.26. The Morgan fingerprint density at radius 2 is 0.800 bits per heavy atom. The van der Waals surface area contributed by atoms with Gasteiger partial charge in [0.25, 0.3) is 0 Å². The summed E-state index contributed by atoms with van der Waals surface area (Å²) in [7, 11) is 0. The molecule has 0 unspecified atom stereocenters. The molecule has 0 nitrogen and oxygen atoms in total. The van der Waals surface area contributed by atoms with Gasteiger partial charge in [-0.15, -0.1) is 0 Å². The third-order valence-electron chi connectivity index (χ3n) is 3.21. The molecule has 0 rings (SSSR count). The van der Waals surface area contributed by atoms with E-state index in [1.54, 1.807) is 0 Å². The van der Waals surface area contributed by atoms with Crippen molar-refractivity contribution in [3.05, 3.63) is 24.3 Å². The van der Waals surface area contributed by atoms with Gasteiger partial charge in [0.1, 0.15) is 0 Å². The molecule has 0 aliphatic rings. The molecule has 0 spiro atoms. The van der Waals surface area contributed by atoms with Gasteiger partial charge < -0.3 is 0 Å². The SMILES string of the molecule is CCCC=CCCCCC.CCCCC=CCCCC. The van der Waals surface area contributed by atoms with Crippen molar-refractivity contribution in [3.63, 3.8) is 0 Å². The Hall–Kier alpha value is -0.520. The van der Waals surface area contributed by atoms with Gasteiger partial charge in [-0.3, -0.25) is 0 Å². The van der Waals surface area contributed by atoms with E-state index in [2.05, 4.69) is 52.0 Å². The molecule has 0 atom stereocenters. The molecule has 0 amide bonds. The first-order valence-electron chi connectivity index (χ1n) is 9.13. The highest BCUT2D eigenvalue weighted by molar-refractivity contribution is 4.81. The molecule has 0 fully saturated rings. The first-order chi connectivity index (χ1) is 9.83. The Morgan fingerprint density at radius 1 is 0.400 bits per heavy atom. The van der Waals surface area contributed by atoms with Crippen molar-refractivity contribution in [2.24, 2.45) is 0 Å². The lowest BCUT2D eigenvalue weighted by Crippen LogP contribution is -1.70. The topological polar surface area (TPSA) is 0 Å². The highest BCUT2D eigenvalue weighted by Crippen LogP contribution is 2.00. The molecule has 0 bridgehead atoms. The van der Waals surface area contributed by atoms with Crippen molar-refractivity contribution in [1.29, 1.82) is 0 Å². The van der Waals surface area contributed by atoms with Crippen molar-refractivity contribution < 1.29 is 0 Å². The van der Waals surface area contributed by atoms with Crippen LogP contribution in [-0.4, -0.2) is 0 Å². The van der Waals surface area contributed by atoms with E-state index in [0.717, 1.165) is 0 Å². The van der Waals surface area contributed by atoms with Crippen LogP contribution in [0.2, 0.25) is 0 Å². The molecule has 0 radical (unpaired) electrons. The van der Waals surface area contributed by atoms with Gasteiger partial charge in [0, 0.05) is 0 Å². The number of hydrogen-bond donors (Lipinski definition) is 0. The van der Waals surface area contributed by atoms with E-state index in [9.17, 15) is 0 Å². The predicted octanol–water partition coefficient (Wildman–Crippen LogP) is 7.85. The Labute approximate surface area is 129 Å². The Morgan fingerprint density at radius 3 is 1.20 bits per heavy atom. The summed E-state index contributed by atoms with van der Waals surface area (Å²) in [5.74, 6) is 0. The first-order valence-corrected chi connectivity index (χ1v) is 9.13. The number of unbranched alkanes of at least 4 members (excludes halogenated alkanes) is 8. The molecule has 0 heteroatoms. The van der Waals surface area contributed by atoms with Crippen LogP contribution >= 0.6 is 0 Å². The molecule has 0 aliphatic heterocycles. The van der Waals surface area contributed by atoms with Crippen LogP contribution in [0.25, 0.3) is 0 Å². The van der Waals surface area contributed by atoms with Gasteiger partial charge in [-0.2, -0.15) is 0 Å². The van der Waals surface area contributed by atoms with Crippen LogP contribution in [0.4, 0.5) is 0 Å². The fraction of sp³-hybridized carbons (Fsp3) is 0.800. The van der Waals surface area contributed by atoms with Crippen molar-refractivity contribution in [1.82, 2.24) is 0 Å². The van der Waals surface area contributed by atoms with Crippen LogP contribution < -0.4 is 0 Å². The standard InChI is InChI=1S/2C10H20/c2*1-3-5-7-9-10-8-6-4-2/h9-10H,3-8H2,1-2H3;7,9H,3-6,8,10H2,1-2H3. The Bertz CT molecular complexity index is 178. The van der Waals surface area contributed by atoms with Gasteiger partial charge in [0.2, 0.25) is 0 Å². The smallest absolute Gasteiger partial charge is 0.0351 e. The fourth-order valence-electron chi connectivity index (χ4n) is 1.79. The lowest BCUT2D eigenvalue weighted by atomic mass is 10.2. The lowest BCUT2D eigenvalue weighted by molar-refractivity contribution is 0.727. The molecule has 0 saturated heterocycles. The summed E-state index contributed by atoms with van der Waals surface area (Å²) in [6.45, 7) is 8.94. The minimum atomic E-state index is 1.26. The maximum Gasteiger partial charge on any atom is -0.0351 e. The third-order valence-corrected chi connectivity index (χ3v) is 3.21. The molecular formula is C20H40. The number of hydrogen-bond acceptors (Lipinski definition) is 0. The van der Waals surface area contributed by atoms with Gasteiger partial charge in [0.05, 0.1) is 0 Å². The normalized spacial score (nSPS) is 11.0. The van der Waals surface area contributed by atoms with E-state index in [0.29, 0.717) is 0 Å². The van der Waals surface area contributed by atoms with Crippen LogP contribution in [-0.2, 0) is 0 Å². The highest BCUT2D eigenvalue weighted by Gasteiger charge is 1.80. The van der Waals surface area contributed by atoms with E-state index in [-0.39, 0.29) is 0 Å². The zero-order chi connectivity index (χ0) is 15.3. The zero-order valence-electron chi connectivity index (χ0n) is 14.8. The maximum atomic E-state index is 2.32. The van der Waals surface area contributed by atoms with Gasteiger partial charge in [-0.1, -0.05) is 96.9 Å². The molecule has 0 aliphatic carbocycles. The molecule has 0 aromatic rings. The summed E-state index contributed by atoms with van der Waals surface area (Å²) in [6, 6.07) is 0. The number of allylic oxidation sites excluding steroid dienone is 4. The molecular weight excluding hydrogens is 240 g/mol. The third kappa shape index (κ3) is 26.1. The van der Waals surface area contributed by atoms with Crippen molar-refractivity contribution in [2.75, 3.05) is 0 Å². The van der Waals surface area contributed by atoms with Crippen molar-refractivity contribution in [2.45, 2.75) is 105 Å². The molecule has 0 N–H and O–H groups in total. The second kappa shape index (κ2) is 23.6. The van der Waals surface area contributed by atoms with Gasteiger partial charge >= 0.3 is 0 Å². The van der Waals surface area contributed by atoms with E-state index >= 15 is 0 Å². The predicted molar refractivity (Wildman–Crippen MR) is 96.4 cm³/mol. The van der Waals surface area contributed by atoms with E-state index in [1.165, 1.54) is 77.0 Å². The van der Waals surface area contributed by atoms with Crippen LogP contribution in [0, 0.1) is 0 Å². The highest BCUT2D eigenvalue weighted by atomic mass is 13.9. The molecule has 0 aromatic carbocycles. The lowest BCUT2D eigenvalue weighted by Gasteiger charge is -1.90. The molecule has 0 aromatic heterocycles. The van der Waals surface area contributed by atoms with Crippen LogP contribution in [0.1, 0.15) is 105 Å². The fourth-order valence-corrected chi connectivity index (χ4v) is 1.79. The summed E-state index contributed by atoms with van der Waals surface area (Å²) in [6.07, 6.45) is 25.1. The van der Waals surface area contributed by atoms with E-state index in [1.807, 2.05) is 0 Å². The largest absolute Gasteiger partial charge is 0.0885 e. The van der Waals surface area contributed by atoms with Crippen LogP contribution in [0.5, 0.6) is 0 Å². The Kier molecular flexibility index (Phi) is 25.7. The first kappa shape index (κ1) is 21.8. The van der Waals surface area contributed by atoms with E-state index < -0.39 is 0 Å². The zero-order valence-corrected chi connectivity index (χ0v) is 14.8. The molecule has 20 heavy (non-hydrogen) atoms. The quantitative estimate of drug-likeness (QED) is 0.252. The molecule has 0 heterocycles. The minimum Gasteiger partial charge on any atom is -0.0885 e. The summed E-state index contributed by atoms with van der Waals surface area (Å²) in [4.78, 5) is 0. The van der Waals surface area contributed by atoms with E-state index in [4.69, 9.17) is 0 Å². The van der Waals surface area contributed by atoms with Crippen molar-refractivity contribution >= 4 is 0 Å². The average molecular weight is 281 g/mol. The number of rotatable bonds is 12. The summed E-state index contributed by atoms with van der Waals surface area (Å²) >= 11 is 0. The summed E-state index contributed by atoms with van der Waals surface area (Å²) < 4.78 is 0. The summed E-state index contributed by atoms with van der Waals surface area (Å²) in [5.41, 5.74) is 0. The second-order valence-corrected chi connectivity index (χ2v) is 5.51. The molecule has 120 valence electrons.